The van der Waals surface area contributed by atoms with Crippen LogP contribution in [0.25, 0.3) is 93.3 Å². The number of nitrogens with zero attached hydrogens (tertiary/aromatic N) is 4. The van der Waals surface area contributed by atoms with Gasteiger partial charge in [0.2, 0.25) is 0 Å². The first-order valence-electron chi connectivity index (χ1n) is 17.4. The zero-order valence-corrected chi connectivity index (χ0v) is 28.8. The molecule has 3 aromatic heterocycles. The number of benzene rings is 7. The predicted octanol–water partition coefficient (Wildman–Crippen LogP) is 12.5. The van der Waals surface area contributed by atoms with Gasteiger partial charge in [0.25, 0.3) is 0 Å². The van der Waals surface area contributed by atoms with Gasteiger partial charge in [-0.25, -0.2) is 15.0 Å². The van der Waals surface area contributed by atoms with Gasteiger partial charge in [-0.05, 0) is 59.7 Å². The predicted molar refractivity (Wildman–Crippen MR) is 217 cm³/mol. The van der Waals surface area contributed by atoms with E-state index >= 15 is 0 Å². The molecule has 7 aromatic carbocycles. The van der Waals surface area contributed by atoms with Crippen molar-refractivity contribution in [1.29, 1.82) is 0 Å². The third-order valence-electron chi connectivity index (χ3n) is 9.64. The maximum absolute atomic E-state index is 5.09. The zero-order chi connectivity index (χ0) is 34.4. The molecule has 0 atom stereocenters. The van der Waals surface area contributed by atoms with Crippen LogP contribution in [0.5, 0.6) is 0 Å². The molecule has 0 saturated carbocycles. The molecule has 10 rings (SSSR count). The molecule has 3 heterocycles. The Morgan fingerprint density at radius 2 is 1.02 bits per heavy atom. The topological polar surface area (TPSA) is 43.6 Å². The summed E-state index contributed by atoms with van der Waals surface area (Å²) in [4.78, 5) is 15.1. The number of hydrogen-bond donors (Lipinski definition) is 0. The van der Waals surface area contributed by atoms with Gasteiger partial charge in [-0.1, -0.05) is 133 Å². The van der Waals surface area contributed by atoms with Crippen molar-refractivity contribution in [2.45, 2.75) is 0 Å². The summed E-state index contributed by atoms with van der Waals surface area (Å²) in [5.74, 6) is 0.709. The van der Waals surface area contributed by atoms with E-state index in [2.05, 4.69) is 144 Å². The fourth-order valence-electron chi connectivity index (χ4n) is 7.13. The minimum Gasteiger partial charge on any atom is -0.309 e. The maximum atomic E-state index is 5.09. The molecule has 0 spiro atoms. The van der Waals surface area contributed by atoms with Gasteiger partial charge in [0.15, 0.2) is 5.82 Å². The highest BCUT2D eigenvalue weighted by molar-refractivity contribution is 7.21. The molecule has 244 valence electrons. The smallest absolute Gasteiger partial charge is 0.160 e. The molecule has 0 unspecified atom stereocenters. The summed E-state index contributed by atoms with van der Waals surface area (Å²) in [6.07, 6.45) is 0. The highest BCUT2D eigenvalue weighted by Gasteiger charge is 2.16. The van der Waals surface area contributed by atoms with Gasteiger partial charge >= 0.3 is 0 Å². The van der Waals surface area contributed by atoms with Gasteiger partial charge < -0.3 is 4.57 Å². The Kier molecular flexibility index (Phi) is 7.29. The van der Waals surface area contributed by atoms with Crippen molar-refractivity contribution >= 4 is 43.4 Å². The molecule has 10 aromatic rings. The number of para-hydroxylation sites is 2. The van der Waals surface area contributed by atoms with Crippen LogP contribution in [0.3, 0.4) is 0 Å². The number of fused-ring (bicyclic) bond motifs is 4. The van der Waals surface area contributed by atoms with Crippen molar-refractivity contribution in [2.24, 2.45) is 0 Å². The molecule has 0 aliphatic heterocycles. The lowest BCUT2D eigenvalue weighted by atomic mass is 10.00. The van der Waals surface area contributed by atoms with Crippen LogP contribution in [-0.2, 0) is 0 Å². The summed E-state index contributed by atoms with van der Waals surface area (Å²) >= 11 is 1.74. The van der Waals surface area contributed by atoms with Crippen molar-refractivity contribution in [1.82, 2.24) is 19.5 Å². The third-order valence-corrected chi connectivity index (χ3v) is 10.7. The normalized spacial score (nSPS) is 11.5. The molecule has 0 amide bonds. The summed E-state index contributed by atoms with van der Waals surface area (Å²) in [6, 6.07) is 63.9. The Balaban J connectivity index is 1.09. The minimum atomic E-state index is 0.709. The van der Waals surface area contributed by atoms with Crippen LogP contribution in [-0.4, -0.2) is 19.5 Å². The van der Waals surface area contributed by atoms with E-state index in [-0.39, 0.29) is 0 Å². The quantitative estimate of drug-likeness (QED) is 0.175. The summed E-state index contributed by atoms with van der Waals surface area (Å²) < 4.78 is 3.58. The molecule has 4 nitrogen and oxygen atoms in total. The fraction of sp³-hybridized carbons (Fsp3) is 0. The van der Waals surface area contributed by atoms with Crippen LogP contribution in [0.15, 0.2) is 182 Å². The van der Waals surface area contributed by atoms with Crippen LogP contribution in [0.1, 0.15) is 0 Å². The Labute approximate surface area is 305 Å². The number of thiazole rings is 1. The van der Waals surface area contributed by atoms with E-state index in [4.69, 9.17) is 15.0 Å². The molecule has 0 fully saturated rings. The van der Waals surface area contributed by atoms with Crippen LogP contribution in [0.2, 0.25) is 0 Å². The second-order valence-electron chi connectivity index (χ2n) is 12.9. The molecule has 5 heteroatoms. The monoisotopic (exact) mass is 682 g/mol. The van der Waals surface area contributed by atoms with Gasteiger partial charge in [0.05, 0.1) is 32.6 Å². The minimum absolute atomic E-state index is 0.709. The molecule has 0 aliphatic carbocycles. The van der Waals surface area contributed by atoms with Crippen molar-refractivity contribution < 1.29 is 0 Å². The second kappa shape index (κ2) is 12.6. The fourth-order valence-corrected chi connectivity index (χ4v) is 8.09. The highest BCUT2D eigenvalue weighted by Crippen LogP contribution is 2.38. The molecule has 0 radical (unpaired) electrons. The van der Waals surface area contributed by atoms with Crippen LogP contribution in [0.4, 0.5) is 0 Å². The zero-order valence-electron chi connectivity index (χ0n) is 28.0. The lowest BCUT2D eigenvalue weighted by Crippen LogP contribution is -1.96. The average Bonchev–Trinajstić information content (AvgIpc) is 3.81. The van der Waals surface area contributed by atoms with Crippen molar-refractivity contribution in [2.75, 3.05) is 0 Å². The van der Waals surface area contributed by atoms with Gasteiger partial charge in [0, 0.05) is 38.7 Å². The number of aromatic nitrogens is 4. The second-order valence-corrected chi connectivity index (χ2v) is 13.9. The molecule has 0 saturated heterocycles. The molecule has 0 bridgehead atoms. The maximum Gasteiger partial charge on any atom is 0.160 e. The van der Waals surface area contributed by atoms with E-state index < -0.39 is 0 Å². The van der Waals surface area contributed by atoms with E-state index in [9.17, 15) is 0 Å². The Bertz CT molecular complexity index is 2820. The largest absolute Gasteiger partial charge is 0.309 e. The van der Waals surface area contributed by atoms with Gasteiger partial charge in [0.1, 0.15) is 5.01 Å². The first-order valence-corrected chi connectivity index (χ1v) is 18.2. The number of hydrogen-bond acceptors (Lipinski definition) is 4. The molecule has 0 aliphatic rings. The van der Waals surface area contributed by atoms with Gasteiger partial charge in [-0.15, -0.1) is 11.3 Å². The molecular weight excluding hydrogens is 653 g/mol. The van der Waals surface area contributed by atoms with E-state index in [0.717, 1.165) is 66.5 Å². The van der Waals surface area contributed by atoms with Gasteiger partial charge in [-0.2, -0.15) is 0 Å². The standard InChI is InChI=1S/C47H30N4S/c1-3-13-31(14-4-1)41-30-42(49-46(48-41)32-15-5-2-6-16-32)35-19-11-17-33(27-35)34-18-12-20-37(28-34)51-43-23-9-7-21-38(43)39-26-25-36(29-44(39)51)47-50-40-22-8-10-24-45(40)52-47/h1-30H. The van der Waals surface area contributed by atoms with Crippen molar-refractivity contribution in [3.63, 3.8) is 0 Å². The van der Waals surface area contributed by atoms with Crippen molar-refractivity contribution in [3.05, 3.63) is 182 Å². The first kappa shape index (κ1) is 30.2. The van der Waals surface area contributed by atoms with E-state index in [1.54, 1.807) is 11.3 Å². The van der Waals surface area contributed by atoms with E-state index in [1.165, 1.54) is 21.0 Å². The average molecular weight is 683 g/mol. The van der Waals surface area contributed by atoms with Crippen LogP contribution in [0, 0.1) is 0 Å². The first-order chi connectivity index (χ1) is 25.7. The SMILES string of the molecule is c1ccc(-c2cc(-c3cccc(-c4cccc(-n5c6ccccc6c6ccc(-c7nc8ccccc8s7)cc65)c4)c3)nc(-c3ccccc3)n2)cc1. The molecule has 52 heavy (non-hydrogen) atoms. The summed E-state index contributed by atoms with van der Waals surface area (Å²) in [6.45, 7) is 0. The summed E-state index contributed by atoms with van der Waals surface area (Å²) in [5, 5.41) is 3.48. The summed E-state index contributed by atoms with van der Waals surface area (Å²) in [7, 11) is 0. The van der Waals surface area contributed by atoms with E-state index in [0.29, 0.717) is 5.82 Å². The molecule has 0 N–H and O–H groups in total. The lowest BCUT2D eigenvalue weighted by Gasteiger charge is -2.12. The Morgan fingerprint density at radius 1 is 0.385 bits per heavy atom. The summed E-state index contributed by atoms with van der Waals surface area (Å²) in [5.41, 5.74) is 12.7. The van der Waals surface area contributed by atoms with Crippen LogP contribution >= 0.6 is 11.3 Å². The Hall–Kier alpha value is -6.69. The van der Waals surface area contributed by atoms with Crippen molar-refractivity contribution in [3.8, 4) is 61.3 Å². The highest BCUT2D eigenvalue weighted by atomic mass is 32.1. The van der Waals surface area contributed by atoms with Crippen LogP contribution < -0.4 is 0 Å². The van der Waals surface area contributed by atoms with E-state index in [1.807, 2.05) is 42.5 Å². The van der Waals surface area contributed by atoms with Gasteiger partial charge in [-0.3, -0.25) is 0 Å². The Morgan fingerprint density at radius 3 is 1.85 bits per heavy atom. The lowest BCUT2D eigenvalue weighted by molar-refractivity contribution is 1.18. The number of rotatable bonds is 6. The third kappa shape index (κ3) is 5.36. The molecular formula is C47H30N4S.